The maximum atomic E-state index is 6.71. The first-order valence-electron chi connectivity index (χ1n) is 7.50. The van der Waals surface area contributed by atoms with E-state index in [-0.39, 0.29) is 11.0 Å². The average Bonchev–Trinajstić information content (AvgIpc) is 2.74. The van der Waals surface area contributed by atoms with Crippen LogP contribution in [-0.2, 0) is 4.74 Å². The van der Waals surface area contributed by atoms with Gasteiger partial charge in [-0.1, -0.05) is 27.2 Å². The van der Waals surface area contributed by atoms with Crippen molar-refractivity contribution in [1.82, 2.24) is 5.32 Å². The van der Waals surface area contributed by atoms with Crippen LogP contribution in [0.3, 0.4) is 0 Å². The second kappa shape index (κ2) is 3.94. The number of nitrogens with two attached hydrogens (primary N) is 1. The van der Waals surface area contributed by atoms with Gasteiger partial charge in [0.2, 0.25) is 0 Å². The SMILES string of the molecule is CC1(CNCC2(N)C3CCOC3C2(C)C)CCC1. The van der Waals surface area contributed by atoms with E-state index >= 15 is 0 Å². The zero-order chi connectivity index (χ0) is 13.0. The van der Waals surface area contributed by atoms with E-state index in [0.717, 1.165) is 26.1 Å². The van der Waals surface area contributed by atoms with Gasteiger partial charge < -0.3 is 15.8 Å². The third-order valence-electron chi connectivity index (χ3n) is 6.19. The Hall–Kier alpha value is -0.120. The third-order valence-corrected chi connectivity index (χ3v) is 6.19. The van der Waals surface area contributed by atoms with Crippen LogP contribution in [0.25, 0.3) is 0 Å². The van der Waals surface area contributed by atoms with E-state index < -0.39 is 0 Å². The maximum Gasteiger partial charge on any atom is 0.0691 e. The lowest BCUT2D eigenvalue weighted by Crippen LogP contribution is -2.78. The van der Waals surface area contributed by atoms with Gasteiger partial charge in [0.25, 0.3) is 0 Å². The highest BCUT2D eigenvalue weighted by atomic mass is 16.5. The molecule has 3 atom stereocenters. The van der Waals surface area contributed by atoms with Crippen LogP contribution < -0.4 is 11.1 Å². The molecular weight excluding hydrogens is 224 g/mol. The molecule has 2 saturated carbocycles. The summed E-state index contributed by atoms with van der Waals surface area (Å²) in [5.74, 6) is 0.564. The van der Waals surface area contributed by atoms with E-state index in [1.165, 1.54) is 19.3 Å². The quantitative estimate of drug-likeness (QED) is 0.803. The first-order chi connectivity index (χ1) is 8.39. The fraction of sp³-hybridized carbons (Fsp3) is 1.00. The minimum atomic E-state index is -0.0751. The van der Waals surface area contributed by atoms with Crippen LogP contribution in [0.1, 0.15) is 46.5 Å². The van der Waals surface area contributed by atoms with Crippen molar-refractivity contribution in [3.8, 4) is 0 Å². The van der Waals surface area contributed by atoms with E-state index in [9.17, 15) is 0 Å². The van der Waals surface area contributed by atoms with Crippen molar-refractivity contribution in [1.29, 1.82) is 0 Å². The van der Waals surface area contributed by atoms with Crippen molar-refractivity contribution in [3.05, 3.63) is 0 Å². The van der Waals surface area contributed by atoms with Gasteiger partial charge >= 0.3 is 0 Å². The zero-order valence-electron chi connectivity index (χ0n) is 12.1. The molecule has 0 aromatic heterocycles. The summed E-state index contributed by atoms with van der Waals surface area (Å²) in [6.07, 6.45) is 5.68. The van der Waals surface area contributed by atoms with Gasteiger partial charge in [0.15, 0.2) is 0 Å². The Labute approximate surface area is 111 Å². The highest BCUT2D eigenvalue weighted by Gasteiger charge is 2.67. The van der Waals surface area contributed by atoms with E-state index in [1.54, 1.807) is 0 Å². The molecule has 3 aliphatic rings. The smallest absolute Gasteiger partial charge is 0.0691 e. The van der Waals surface area contributed by atoms with E-state index in [4.69, 9.17) is 10.5 Å². The van der Waals surface area contributed by atoms with E-state index in [1.807, 2.05) is 0 Å². The Morgan fingerprint density at radius 2 is 1.94 bits per heavy atom. The second-order valence-corrected chi connectivity index (χ2v) is 7.72. The summed E-state index contributed by atoms with van der Waals surface area (Å²) in [6, 6.07) is 0. The number of hydrogen-bond donors (Lipinski definition) is 2. The lowest BCUT2D eigenvalue weighted by atomic mass is 9.48. The predicted molar refractivity (Wildman–Crippen MR) is 73.4 cm³/mol. The molecule has 3 unspecified atom stereocenters. The van der Waals surface area contributed by atoms with E-state index in [2.05, 4.69) is 26.1 Å². The van der Waals surface area contributed by atoms with Crippen molar-refractivity contribution >= 4 is 0 Å². The number of rotatable bonds is 4. The van der Waals surface area contributed by atoms with Crippen LogP contribution in [0.15, 0.2) is 0 Å². The first-order valence-corrected chi connectivity index (χ1v) is 7.50. The Kier molecular flexibility index (Phi) is 2.82. The third kappa shape index (κ3) is 1.60. The summed E-state index contributed by atoms with van der Waals surface area (Å²) in [7, 11) is 0. The Balaban J connectivity index is 1.58. The monoisotopic (exact) mass is 252 g/mol. The van der Waals surface area contributed by atoms with Crippen molar-refractivity contribution in [2.75, 3.05) is 19.7 Å². The topological polar surface area (TPSA) is 47.3 Å². The fourth-order valence-corrected chi connectivity index (χ4v) is 4.36. The van der Waals surface area contributed by atoms with Gasteiger partial charge in [0.05, 0.1) is 6.10 Å². The molecule has 3 rings (SSSR count). The van der Waals surface area contributed by atoms with Gasteiger partial charge in [-0.05, 0) is 24.7 Å². The lowest BCUT2D eigenvalue weighted by Gasteiger charge is -2.62. The molecule has 1 aliphatic heterocycles. The van der Waals surface area contributed by atoms with Gasteiger partial charge in [-0.2, -0.15) is 0 Å². The van der Waals surface area contributed by atoms with Crippen LogP contribution in [0.2, 0.25) is 0 Å². The van der Waals surface area contributed by atoms with Gasteiger partial charge in [0.1, 0.15) is 0 Å². The Bertz CT molecular complexity index is 337. The van der Waals surface area contributed by atoms with Gasteiger partial charge in [-0.15, -0.1) is 0 Å². The molecule has 0 amide bonds. The zero-order valence-corrected chi connectivity index (χ0v) is 12.1. The molecule has 18 heavy (non-hydrogen) atoms. The van der Waals surface area contributed by atoms with Gasteiger partial charge in [-0.3, -0.25) is 0 Å². The molecule has 2 aliphatic carbocycles. The van der Waals surface area contributed by atoms with Crippen LogP contribution >= 0.6 is 0 Å². The van der Waals surface area contributed by atoms with E-state index in [0.29, 0.717) is 17.4 Å². The molecule has 0 bridgehead atoms. The molecule has 3 fully saturated rings. The molecule has 3 nitrogen and oxygen atoms in total. The summed E-state index contributed by atoms with van der Waals surface area (Å²) in [6.45, 7) is 9.90. The highest BCUT2D eigenvalue weighted by Crippen LogP contribution is 2.57. The lowest BCUT2D eigenvalue weighted by molar-refractivity contribution is -0.154. The van der Waals surface area contributed by atoms with Gasteiger partial charge in [0, 0.05) is 36.6 Å². The summed E-state index contributed by atoms with van der Waals surface area (Å²) in [4.78, 5) is 0. The maximum absolute atomic E-state index is 6.71. The van der Waals surface area contributed by atoms with Crippen molar-refractivity contribution < 1.29 is 4.74 Å². The predicted octanol–water partition coefficient (Wildman–Crippen LogP) is 1.91. The Morgan fingerprint density at radius 1 is 1.22 bits per heavy atom. The van der Waals surface area contributed by atoms with Crippen LogP contribution in [-0.4, -0.2) is 31.3 Å². The molecular formula is C15H28N2O. The standard InChI is InChI=1S/C15H28N2O/c1-13(2)12-11(5-8-18-12)15(13,16)10-17-9-14(3)6-4-7-14/h11-12,17H,4-10,16H2,1-3H3. The molecule has 3 heteroatoms. The number of hydrogen-bond acceptors (Lipinski definition) is 3. The number of ether oxygens (including phenoxy) is 1. The molecule has 0 aromatic rings. The summed E-state index contributed by atoms with van der Waals surface area (Å²) in [5.41, 5.74) is 7.29. The highest BCUT2D eigenvalue weighted by molar-refractivity contribution is 5.21. The summed E-state index contributed by atoms with van der Waals surface area (Å²) < 4.78 is 5.83. The summed E-state index contributed by atoms with van der Waals surface area (Å²) >= 11 is 0. The molecule has 104 valence electrons. The second-order valence-electron chi connectivity index (χ2n) is 7.72. The molecule has 3 N–H and O–H groups in total. The molecule has 1 saturated heterocycles. The minimum absolute atomic E-state index is 0.0751. The van der Waals surface area contributed by atoms with Crippen LogP contribution in [0, 0.1) is 16.7 Å². The van der Waals surface area contributed by atoms with Gasteiger partial charge in [-0.25, -0.2) is 0 Å². The van der Waals surface area contributed by atoms with Crippen LogP contribution in [0.5, 0.6) is 0 Å². The molecule has 1 heterocycles. The van der Waals surface area contributed by atoms with Crippen LogP contribution in [0.4, 0.5) is 0 Å². The molecule has 0 spiro atoms. The molecule has 0 aromatic carbocycles. The largest absolute Gasteiger partial charge is 0.377 e. The normalized spacial score (nSPS) is 44.0. The fourth-order valence-electron chi connectivity index (χ4n) is 4.36. The van der Waals surface area contributed by atoms with Crippen molar-refractivity contribution in [2.45, 2.75) is 58.1 Å². The minimum Gasteiger partial charge on any atom is -0.377 e. The van der Waals surface area contributed by atoms with Crippen molar-refractivity contribution in [2.24, 2.45) is 22.5 Å². The average molecular weight is 252 g/mol. The van der Waals surface area contributed by atoms with Crippen molar-refractivity contribution in [3.63, 3.8) is 0 Å². The number of fused-ring (bicyclic) bond motifs is 1. The Morgan fingerprint density at radius 3 is 2.56 bits per heavy atom. The number of nitrogens with one attached hydrogen (secondary N) is 1. The summed E-state index contributed by atoms with van der Waals surface area (Å²) in [5, 5.41) is 3.66. The first kappa shape index (κ1) is 12.9. The molecule has 0 radical (unpaired) electrons.